The highest BCUT2D eigenvalue weighted by molar-refractivity contribution is 6.04. The first kappa shape index (κ1) is 15.7. The zero-order valence-corrected chi connectivity index (χ0v) is 14.0. The van der Waals surface area contributed by atoms with Gasteiger partial charge in [-0.1, -0.05) is 24.3 Å². The summed E-state index contributed by atoms with van der Waals surface area (Å²) in [4.78, 5) is 24.5. The molecule has 0 bridgehead atoms. The first-order valence-electron chi connectivity index (χ1n) is 8.44. The Morgan fingerprint density at radius 1 is 1.16 bits per heavy atom. The molecule has 5 heteroatoms. The zero-order valence-electron chi connectivity index (χ0n) is 14.0. The van der Waals surface area contributed by atoms with Gasteiger partial charge in [0.1, 0.15) is 0 Å². The van der Waals surface area contributed by atoms with Crippen molar-refractivity contribution in [1.29, 1.82) is 0 Å². The minimum absolute atomic E-state index is 0.0944. The number of Topliss-reactive ketones (excluding diaryl/α,β-unsaturated/α-hetero) is 1. The topological polar surface area (TPSA) is 64.6 Å². The second kappa shape index (κ2) is 6.24. The van der Waals surface area contributed by atoms with Crippen molar-refractivity contribution >= 4 is 17.4 Å². The Hall–Kier alpha value is -2.82. The molecule has 2 aromatic carbocycles. The van der Waals surface area contributed by atoms with Gasteiger partial charge < -0.3 is 14.8 Å². The number of carbonyl (C=O) groups is 2. The number of rotatable bonds is 4. The summed E-state index contributed by atoms with van der Waals surface area (Å²) in [5, 5.41) is 2.88. The van der Waals surface area contributed by atoms with E-state index in [0.29, 0.717) is 29.2 Å². The summed E-state index contributed by atoms with van der Waals surface area (Å²) in [6.07, 6.45) is 2.40. The molecule has 0 saturated heterocycles. The van der Waals surface area contributed by atoms with E-state index in [0.717, 1.165) is 12.8 Å². The van der Waals surface area contributed by atoms with Gasteiger partial charge in [0.25, 0.3) is 0 Å². The number of anilines is 1. The number of ether oxygens (including phenoxy) is 2. The van der Waals surface area contributed by atoms with E-state index in [2.05, 4.69) is 17.4 Å². The predicted molar refractivity (Wildman–Crippen MR) is 93.3 cm³/mol. The summed E-state index contributed by atoms with van der Waals surface area (Å²) in [5.74, 6) is 1.09. The molecular weight excluding hydrogens is 318 g/mol. The second-order valence-electron chi connectivity index (χ2n) is 6.49. The minimum atomic E-state index is -0.125. The third-order valence-electron chi connectivity index (χ3n) is 4.85. The summed E-state index contributed by atoms with van der Waals surface area (Å²) in [7, 11) is 0. The quantitative estimate of drug-likeness (QED) is 0.865. The molecule has 0 fully saturated rings. The number of hydrogen-bond acceptors (Lipinski definition) is 4. The number of carbonyl (C=O) groups excluding carboxylic acids is 2. The Bertz CT molecular complexity index is 859. The summed E-state index contributed by atoms with van der Waals surface area (Å²) in [6, 6.07) is 11.6. The van der Waals surface area contributed by atoms with Crippen molar-refractivity contribution in [3.8, 4) is 11.5 Å². The third-order valence-corrected chi connectivity index (χ3v) is 4.85. The van der Waals surface area contributed by atoms with Gasteiger partial charge in [-0.2, -0.15) is 0 Å². The van der Waals surface area contributed by atoms with Crippen LogP contribution in [0.25, 0.3) is 0 Å². The van der Waals surface area contributed by atoms with Crippen LogP contribution in [0, 0.1) is 0 Å². The van der Waals surface area contributed by atoms with Gasteiger partial charge in [0.15, 0.2) is 17.3 Å². The lowest BCUT2D eigenvalue weighted by Crippen LogP contribution is -2.16. The van der Waals surface area contributed by atoms with E-state index in [1.54, 1.807) is 12.1 Å². The highest BCUT2D eigenvalue weighted by Crippen LogP contribution is 2.38. The van der Waals surface area contributed by atoms with Crippen molar-refractivity contribution in [3.05, 3.63) is 53.1 Å². The molecule has 25 heavy (non-hydrogen) atoms. The van der Waals surface area contributed by atoms with E-state index >= 15 is 0 Å². The zero-order chi connectivity index (χ0) is 17.4. The molecule has 1 N–H and O–H groups in total. The van der Waals surface area contributed by atoms with Crippen LogP contribution in [0.1, 0.15) is 47.2 Å². The standard InChI is InChI=1S/C20H19NO4/c1-12(22)16-9-18-19(25-11-24-18)10-17(16)21-20(23)8-14-7-6-13-4-2-3-5-15(13)14/h2-5,9-10,14H,6-8,11H2,1H3,(H,21,23). The van der Waals surface area contributed by atoms with E-state index in [4.69, 9.17) is 9.47 Å². The van der Waals surface area contributed by atoms with Crippen molar-refractivity contribution in [2.24, 2.45) is 0 Å². The molecule has 2 aliphatic rings. The highest BCUT2D eigenvalue weighted by Gasteiger charge is 2.25. The Kier molecular flexibility index (Phi) is 3.92. The SMILES string of the molecule is CC(=O)c1cc2c(cc1NC(=O)CC1CCc3ccccc31)OCO2. The van der Waals surface area contributed by atoms with E-state index in [1.165, 1.54) is 18.1 Å². The fraction of sp³-hybridized carbons (Fsp3) is 0.300. The number of benzene rings is 2. The Morgan fingerprint density at radius 2 is 1.92 bits per heavy atom. The van der Waals surface area contributed by atoms with Crippen molar-refractivity contribution < 1.29 is 19.1 Å². The molecule has 0 radical (unpaired) electrons. The van der Waals surface area contributed by atoms with E-state index < -0.39 is 0 Å². The summed E-state index contributed by atoms with van der Waals surface area (Å²) in [5.41, 5.74) is 3.50. The third kappa shape index (κ3) is 2.97. The van der Waals surface area contributed by atoms with Gasteiger partial charge >= 0.3 is 0 Å². The molecule has 1 aliphatic heterocycles. The molecule has 0 spiro atoms. The molecule has 1 unspecified atom stereocenters. The maximum atomic E-state index is 12.6. The average molecular weight is 337 g/mol. The van der Waals surface area contributed by atoms with E-state index in [9.17, 15) is 9.59 Å². The summed E-state index contributed by atoms with van der Waals surface area (Å²) in [6.45, 7) is 1.60. The fourth-order valence-electron chi connectivity index (χ4n) is 3.62. The van der Waals surface area contributed by atoms with Crippen LogP contribution >= 0.6 is 0 Å². The lowest BCUT2D eigenvalue weighted by atomic mass is 9.97. The van der Waals surface area contributed by atoms with Crippen molar-refractivity contribution in [3.63, 3.8) is 0 Å². The molecule has 0 aromatic heterocycles. The van der Waals surface area contributed by atoms with Gasteiger partial charge in [-0.05, 0) is 42.9 Å². The van der Waals surface area contributed by atoms with Gasteiger partial charge in [-0.3, -0.25) is 9.59 Å². The van der Waals surface area contributed by atoms with Crippen LogP contribution in [0.15, 0.2) is 36.4 Å². The normalized spacial score (nSPS) is 17.2. The van der Waals surface area contributed by atoms with Gasteiger partial charge in [-0.15, -0.1) is 0 Å². The van der Waals surface area contributed by atoms with Crippen LogP contribution in [0.3, 0.4) is 0 Å². The van der Waals surface area contributed by atoms with E-state index in [1.807, 2.05) is 12.1 Å². The van der Waals surface area contributed by atoms with Gasteiger partial charge in [0.2, 0.25) is 12.7 Å². The summed E-state index contributed by atoms with van der Waals surface area (Å²) >= 11 is 0. The minimum Gasteiger partial charge on any atom is -0.454 e. The Labute approximate surface area is 145 Å². The maximum Gasteiger partial charge on any atom is 0.231 e. The number of hydrogen-bond donors (Lipinski definition) is 1. The molecule has 1 aliphatic carbocycles. The molecule has 2 aromatic rings. The highest BCUT2D eigenvalue weighted by atomic mass is 16.7. The monoisotopic (exact) mass is 337 g/mol. The van der Waals surface area contributed by atoms with Gasteiger partial charge in [0, 0.05) is 18.1 Å². The number of fused-ring (bicyclic) bond motifs is 2. The molecule has 1 heterocycles. The van der Waals surface area contributed by atoms with Crippen LogP contribution in [-0.2, 0) is 11.2 Å². The first-order valence-corrected chi connectivity index (χ1v) is 8.44. The molecule has 4 rings (SSSR count). The number of aryl methyl sites for hydroxylation is 1. The number of amides is 1. The smallest absolute Gasteiger partial charge is 0.231 e. The molecule has 5 nitrogen and oxygen atoms in total. The van der Waals surface area contributed by atoms with E-state index in [-0.39, 0.29) is 24.4 Å². The van der Waals surface area contributed by atoms with Crippen LogP contribution in [-0.4, -0.2) is 18.5 Å². The van der Waals surface area contributed by atoms with Crippen molar-refractivity contribution in [1.82, 2.24) is 0 Å². The lowest BCUT2D eigenvalue weighted by molar-refractivity contribution is -0.116. The first-order chi connectivity index (χ1) is 12.1. The van der Waals surface area contributed by atoms with Crippen molar-refractivity contribution in [2.75, 3.05) is 12.1 Å². The lowest BCUT2D eigenvalue weighted by Gasteiger charge is -2.14. The van der Waals surface area contributed by atoms with Crippen LogP contribution < -0.4 is 14.8 Å². The molecule has 1 atom stereocenters. The Morgan fingerprint density at radius 3 is 2.72 bits per heavy atom. The largest absolute Gasteiger partial charge is 0.454 e. The summed E-state index contributed by atoms with van der Waals surface area (Å²) < 4.78 is 10.7. The molecule has 0 saturated carbocycles. The van der Waals surface area contributed by atoms with Crippen molar-refractivity contribution in [2.45, 2.75) is 32.1 Å². The molecule has 128 valence electrons. The van der Waals surface area contributed by atoms with Gasteiger partial charge in [0.05, 0.1) is 5.69 Å². The maximum absolute atomic E-state index is 12.6. The Balaban J connectivity index is 1.53. The average Bonchev–Trinajstić information content (AvgIpc) is 3.20. The molecular formula is C20H19NO4. The van der Waals surface area contributed by atoms with Crippen LogP contribution in [0.5, 0.6) is 11.5 Å². The predicted octanol–water partition coefficient (Wildman–Crippen LogP) is 3.68. The van der Waals surface area contributed by atoms with Gasteiger partial charge in [-0.25, -0.2) is 0 Å². The number of nitrogens with one attached hydrogen (secondary N) is 1. The number of ketones is 1. The van der Waals surface area contributed by atoms with Crippen LogP contribution in [0.2, 0.25) is 0 Å². The molecule has 1 amide bonds. The van der Waals surface area contributed by atoms with Crippen LogP contribution in [0.4, 0.5) is 5.69 Å². The fourth-order valence-corrected chi connectivity index (χ4v) is 3.62. The second-order valence-corrected chi connectivity index (χ2v) is 6.49.